The van der Waals surface area contributed by atoms with Crippen molar-refractivity contribution in [1.82, 2.24) is 0 Å². The maximum Gasteiger partial charge on any atom is 0.462 e. The van der Waals surface area contributed by atoms with E-state index in [0.29, 0.717) is 5.44 Å². The zero-order chi connectivity index (χ0) is 18.0. The van der Waals surface area contributed by atoms with Gasteiger partial charge in [-0.1, -0.05) is 74.1 Å². The Labute approximate surface area is 149 Å². The van der Waals surface area contributed by atoms with Gasteiger partial charge in [-0.25, -0.2) is 0 Å². The highest BCUT2D eigenvalue weighted by atomic mass is 28.3. The summed E-state index contributed by atoms with van der Waals surface area (Å²) < 4.78 is 12.9. The molecule has 1 atom stereocenters. The Balaban J connectivity index is 2.36. The third kappa shape index (κ3) is 3.87. The molecule has 0 amide bonds. The molecule has 0 bridgehead atoms. The lowest BCUT2D eigenvalue weighted by Gasteiger charge is -2.32. The lowest BCUT2D eigenvalue weighted by Crippen LogP contribution is -2.51. The normalized spacial score (nSPS) is 21.4. The first-order chi connectivity index (χ1) is 11.1. The van der Waals surface area contributed by atoms with Crippen molar-refractivity contribution in [3.63, 3.8) is 0 Å². The molecule has 132 valence electrons. The highest BCUT2D eigenvalue weighted by Gasteiger charge is 2.56. The first-order valence-corrected chi connectivity index (χ1v) is 12.3. The summed E-state index contributed by atoms with van der Waals surface area (Å²) in [5, 5.41) is 1.45. The molecule has 4 heteroatoms. The number of allylic oxidation sites excluding steroid dienone is 2. The van der Waals surface area contributed by atoms with E-state index in [1.807, 2.05) is 0 Å². The molecule has 1 unspecified atom stereocenters. The number of unbranched alkanes of at least 4 members (excludes halogenated alkanes) is 1. The van der Waals surface area contributed by atoms with E-state index < -0.39 is 8.07 Å². The summed E-state index contributed by atoms with van der Waals surface area (Å²) in [6, 6.07) is 10.9. The molecular weight excluding hydrogens is 311 g/mol. The highest BCUT2D eigenvalue weighted by molar-refractivity contribution is 6.98. The number of hydrogen-bond acceptors (Lipinski definition) is 2. The molecule has 1 fully saturated rings. The Morgan fingerprint density at radius 1 is 1.04 bits per heavy atom. The number of hydrogen-bond donors (Lipinski definition) is 0. The Bertz CT molecular complexity index is 550. The van der Waals surface area contributed by atoms with Crippen molar-refractivity contribution in [1.29, 1.82) is 0 Å². The molecule has 0 aliphatic carbocycles. The van der Waals surface area contributed by atoms with Crippen LogP contribution in [0.5, 0.6) is 0 Å². The van der Waals surface area contributed by atoms with Crippen LogP contribution in [-0.2, 0) is 9.31 Å². The number of benzene rings is 1. The average molecular weight is 344 g/mol. The molecule has 1 aromatic rings. The van der Waals surface area contributed by atoms with Crippen LogP contribution in [0.2, 0.25) is 18.5 Å². The zero-order valence-corrected chi connectivity index (χ0v) is 17.4. The summed E-state index contributed by atoms with van der Waals surface area (Å²) in [6.07, 6.45) is 6.95. The molecule has 2 rings (SSSR count). The topological polar surface area (TPSA) is 18.5 Å². The quantitative estimate of drug-likeness (QED) is 0.536. The van der Waals surface area contributed by atoms with Gasteiger partial charge >= 0.3 is 7.12 Å². The van der Waals surface area contributed by atoms with Crippen LogP contribution in [0.3, 0.4) is 0 Å². The molecule has 1 heterocycles. The molecule has 0 spiro atoms. The van der Waals surface area contributed by atoms with E-state index in [1.165, 1.54) is 11.6 Å². The molecule has 0 N–H and O–H groups in total. The van der Waals surface area contributed by atoms with Gasteiger partial charge in [-0.2, -0.15) is 0 Å². The van der Waals surface area contributed by atoms with E-state index in [0.717, 1.165) is 6.42 Å². The lowest BCUT2D eigenvalue weighted by molar-refractivity contribution is 0.00578. The van der Waals surface area contributed by atoms with E-state index in [9.17, 15) is 0 Å². The van der Waals surface area contributed by atoms with Gasteiger partial charge in [0.25, 0.3) is 0 Å². The molecule has 1 aromatic carbocycles. The van der Waals surface area contributed by atoms with Gasteiger partial charge in [0.15, 0.2) is 0 Å². The highest BCUT2D eigenvalue weighted by Crippen LogP contribution is 2.42. The minimum absolute atomic E-state index is 0.176. The van der Waals surface area contributed by atoms with Crippen LogP contribution in [0.15, 0.2) is 42.5 Å². The largest absolute Gasteiger partial charge is 0.462 e. The summed E-state index contributed by atoms with van der Waals surface area (Å²) in [5.74, 6) is 0. The zero-order valence-electron chi connectivity index (χ0n) is 16.4. The van der Waals surface area contributed by atoms with Gasteiger partial charge < -0.3 is 9.31 Å². The lowest BCUT2D eigenvalue weighted by atomic mass is 9.83. The van der Waals surface area contributed by atoms with Gasteiger partial charge in [-0.15, -0.1) is 0 Å². The van der Waals surface area contributed by atoms with Crippen LogP contribution in [-0.4, -0.2) is 26.4 Å². The fourth-order valence-corrected chi connectivity index (χ4v) is 6.05. The van der Waals surface area contributed by atoms with Crippen LogP contribution in [0.25, 0.3) is 0 Å². The standard InChI is InChI=1S/C20H33BO2Si/c1-8-9-11-16-18(21-22-19(2,3)20(4,5)23-21)24(6,7)17-14-12-10-13-15-17/h10-16,18H,8-9H2,1-7H3/b16-11-. The number of rotatable bonds is 6. The maximum absolute atomic E-state index is 6.43. The second-order valence-corrected chi connectivity index (χ2v) is 13.1. The van der Waals surface area contributed by atoms with E-state index in [4.69, 9.17) is 9.31 Å². The van der Waals surface area contributed by atoms with Crippen LogP contribution in [0.4, 0.5) is 0 Å². The van der Waals surface area contributed by atoms with Crippen molar-refractivity contribution in [2.45, 2.75) is 77.2 Å². The van der Waals surface area contributed by atoms with E-state index in [-0.39, 0.29) is 18.3 Å². The summed E-state index contributed by atoms with van der Waals surface area (Å²) in [6.45, 7) is 15.6. The smallest absolute Gasteiger partial charge is 0.403 e. The Hall–Kier alpha value is -0.838. The van der Waals surface area contributed by atoms with Gasteiger partial charge in [-0.3, -0.25) is 0 Å². The summed E-state index contributed by atoms with van der Waals surface area (Å²) >= 11 is 0. The summed E-state index contributed by atoms with van der Waals surface area (Å²) in [7, 11) is -1.96. The Morgan fingerprint density at radius 2 is 1.58 bits per heavy atom. The summed E-state index contributed by atoms with van der Waals surface area (Å²) in [4.78, 5) is 0. The Kier molecular flexibility index (Phi) is 5.83. The van der Waals surface area contributed by atoms with Gasteiger partial charge in [0.1, 0.15) is 0 Å². The molecule has 24 heavy (non-hydrogen) atoms. The molecule has 1 aliphatic heterocycles. The van der Waals surface area contributed by atoms with Gasteiger partial charge in [0, 0.05) is 5.44 Å². The minimum atomic E-state index is -1.79. The molecule has 0 saturated carbocycles. The van der Waals surface area contributed by atoms with Crippen molar-refractivity contribution in [2.75, 3.05) is 0 Å². The predicted molar refractivity (Wildman–Crippen MR) is 107 cm³/mol. The SMILES string of the molecule is CCC/C=C\C(B1OC(C)(C)C(C)(C)O1)[Si](C)(C)c1ccccc1. The van der Waals surface area contributed by atoms with Crippen molar-refractivity contribution in [3.8, 4) is 0 Å². The van der Waals surface area contributed by atoms with Crippen molar-refractivity contribution < 1.29 is 9.31 Å². The van der Waals surface area contributed by atoms with E-state index >= 15 is 0 Å². The molecule has 1 aliphatic rings. The maximum atomic E-state index is 6.43. The monoisotopic (exact) mass is 344 g/mol. The second kappa shape index (κ2) is 7.19. The van der Waals surface area contributed by atoms with E-state index in [1.54, 1.807) is 0 Å². The average Bonchev–Trinajstić information content (AvgIpc) is 2.72. The van der Waals surface area contributed by atoms with Gasteiger partial charge in [0.2, 0.25) is 0 Å². The first-order valence-electron chi connectivity index (χ1n) is 9.19. The molecule has 0 aromatic heterocycles. The second-order valence-electron chi connectivity index (χ2n) is 8.46. The van der Waals surface area contributed by atoms with E-state index in [2.05, 4.69) is 90.2 Å². The molecule has 2 nitrogen and oxygen atoms in total. The fraction of sp³-hybridized carbons (Fsp3) is 0.600. The van der Waals surface area contributed by atoms with Crippen LogP contribution in [0.1, 0.15) is 47.5 Å². The Morgan fingerprint density at radius 3 is 2.08 bits per heavy atom. The van der Waals surface area contributed by atoms with Crippen molar-refractivity contribution >= 4 is 20.4 Å². The molecule has 0 radical (unpaired) electrons. The van der Waals surface area contributed by atoms with Crippen LogP contribution < -0.4 is 5.19 Å². The first kappa shape index (κ1) is 19.5. The van der Waals surface area contributed by atoms with Crippen molar-refractivity contribution in [3.05, 3.63) is 42.5 Å². The summed E-state index contributed by atoms with van der Waals surface area (Å²) in [5.41, 5.74) is -0.266. The predicted octanol–water partition coefficient (Wildman–Crippen LogP) is 4.96. The third-order valence-electron chi connectivity index (χ3n) is 5.71. The molecular formula is C20H33BO2Si. The van der Waals surface area contributed by atoms with Crippen molar-refractivity contribution in [2.24, 2.45) is 0 Å². The van der Waals surface area contributed by atoms with Gasteiger partial charge in [0.05, 0.1) is 19.3 Å². The molecule has 1 saturated heterocycles. The third-order valence-corrected chi connectivity index (χ3v) is 9.67. The minimum Gasteiger partial charge on any atom is -0.403 e. The van der Waals surface area contributed by atoms with Crippen LogP contribution >= 0.6 is 0 Å². The fourth-order valence-electron chi connectivity index (χ4n) is 3.18. The van der Waals surface area contributed by atoms with Crippen LogP contribution in [0, 0.1) is 0 Å². The van der Waals surface area contributed by atoms with Gasteiger partial charge in [-0.05, 0) is 34.1 Å².